The minimum Gasteiger partial charge on any atom is -0.454 e. The predicted octanol–water partition coefficient (Wildman–Crippen LogP) is 2.43. The molecule has 6 nitrogen and oxygen atoms in total. The van der Waals surface area contributed by atoms with E-state index in [4.69, 9.17) is 4.74 Å². The van der Waals surface area contributed by atoms with Crippen molar-refractivity contribution in [1.29, 1.82) is 0 Å². The maximum Gasteiger partial charge on any atom is 0.328 e. The van der Waals surface area contributed by atoms with Crippen LogP contribution in [0.1, 0.15) is 22.8 Å². The first kappa shape index (κ1) is 19.1. The average Bonchev–Trinajstić information content (AvgIpc) is 2.59. The Balaban J connectivity index is 1.81. The fourth-order valence-corrected chi connectivity index (χ4v) is 2.15. The Labute approximate surface area is 150 Å². The molecule has 26 heavy (non-hydrogen) atoms. The number of rotatable bonds is 6. The van der Waals surface area contributed by atoms with Gasteiger partial charge in [0.1, 0.15) is 11.9 Å². The van der Waals surface area contributed by atoms with Gasteiger partial charge < -0.3 is 15.4 Å². The fraction of sp³-hybridized carbons (Fsp3) is 0.211. The highest BCUT2D eigenvalue weighted by molar-refractivity contribution is 5.97. The lowest BCUT2D eigenvalue weighted by molar-refractivity contribution is -0.148. The maximum absolute atomic E-state index is 13.0. The van der Waals surface area contributed by atoms with Crippen LogP contribution in [0, 0.1) is 12.7 Å². The Morgan fingerprint density at radius 3 is 2.54 bits per heavy atom. The van der Waals surface area contributed by atoms with E-state index in [0.717, 1.165) is 11.6 Å². The van der Waals surface area contributed by atoms with Gasteiger partial charge in [-0.15, -0.1) is 0 Å². The van der Waals surface area contributed by atoms with Gasteiger partial charge in [-0.3, -0.25) is 9.59 Å². The molecular formula is C19H19FN2O4. The maximum atomic E-state index is 13.0. The fourth-order valence-electron chi connectivity index (χ4n) is 2.15. The summed E-state index contributed by atoms with van der Waals surface area (Å²) >= 11 is 0. The summed E-state index contributed by atoms with van der Waals surface area (Å²) in [5.74, 6) is -2.27. The molecule has 0 saturated heterocycles. The lowest BCUT2D eigenvalue weighted by atomic mass is 10.1. The zero-order valence-corrected chi connectivity index (χ0v) is 14.4. The smallest absolute Gasteiger partial charge is 0.328 e. The molecule has 2 rings (SSSR count). The topological polar surface area (TPSA) is 84.5 Å². The number of esters is 1. The molecule has 0 heterocycles. The van der Waals surface area contributed by atoms with Gasteiger partial charge in [0.25, 0.3) is 11.8 Å². The summed E-state index contributed by atoms with van der Waals surface area (Å²) in [5.41, 5.74) is 1.60. The first-order valence-electron chi connectivity index (χ1n) is 7.95. The van der Waals surface area contributed by atoms with Gasteiger partial charge in [-0.1, -0.05) is 23.8 Å². The number of hydrogen-bond acceptors (Lipinski definition) is 4. The number of amides is 2. The molecule has 0 unspecified atom stereocenters. The van der Waals surface area contributed by atoms with Crippen LogP contribution in [0.5, 0.6) is 0 Å². The molecule has 0 radical (unpaired) electrons. The monoisotopic (exact) mass is 358 g/mol. The summed E-state index contributed by atoms with van der Waals surface area (Å²) in [4.78, 5) is 35.7. The van der Waals surface area contributed by atoms with Gasteiger partial charge >= 0.3 is 5.97 Å². The van der Waals surface area contributed by atoms with E-state index < -0.39 is 36.2 Å². The minimum atomic E-state index is -0.926. The summed E-state index contributed by atoms with van der Waals surface area (Å²) < 4.78 is 17.9. The van der Waals surface area contributed by atoms with Crippen LogP contribution in [0.15, 0.2) is 48.5 Å². The van der Waals surface area contributed by atoms with Crippen LogP contribution in [0.3, 0.4) is 0 Å². The molecule has 0 aromatic heterocycles. The van der Waals surface area contributed by atoms with Crippen LogP contribution in [0.4, 0.5) is 10.1 Å². The predicted molar refractivity (Wildman–Crippen MR) is 94.1 cm³/mol. The molecular weight excluding hydrogens is 339 g/mol. The van der Waals surface area contributed by atoms with Crippen LogP contribution in [0.25, 0.3) is 0 Å². The molecule has 0 bridgehead atoms. The molecule has 2 N–H and O–H groups in total. The molecule has 136 valence electrons. The molecule has 0 aliphatic rings. The van der Waals surface area contributed by atoms with Crippen molar-refractivity contribution in [3.63, 3.8) is 0 Å². The quantitative estimate of drug-likeness (QED) is 0.777. The van der Waals surface area contributed by atoms with Crippen molar-refractivity contribution in [3.05, 3.63) is 65.5 Å². The van der Waals surface area contributed by atoms with Gasteiger partial charge in [0.05, 0.1) is 0 Å². The lowest BCUT2D eigenvalue weighted by Gasteiger charge is -2.13. The number of carbonyl (C=O) groups is 3. The Kier molecular flexibility index (Phi) is 6.43. The Morgan fingerprint density at radius 1 is 1.12 bits per heavy atom. The van der Waals surface area contributed by atoms with Crippen molar-refractivity contribution in [3.8, 4) is 0 Å². The first-order valence-corrected chi connectivity index (χ1v) is 7.95. The van der Waals surface area contributed by atoms with Crippen molar-refractivity contribution in [1.82, 2.24) is 5.32 Å². The third-order valence-electron chi connectivity index (χ3n) is 3.44. The van der Waals surface area contributed by atoms with Crippen molar-refractivity contribution < 1.29 is 23.5 Å². The summed E-state index contributed by atoms with van der Waals surface area (Å²) in [7, 11) is 0. The van der Waals surface area contributed by atoms with Gasteiger partial charge in [0, 0.05) is 11.3 Å². The SMILES string of the molecule is Cc1cccc(C(=O)N[C@@H](C)C(=O)OCC(=O)Nc2cccc(F)c2)c1. The van der Waals surface area contributed by atoms with E-state index in [9.17, 15) is 18.8 Å². The Bertz CT molecular complexity index is 823. The number of halogens is 1. The molecule has 1 atom stereocenters. The summed E-state index contributed by atoms with van der Waals surface area (Å²) in [6.45, 7) is 2.77. The van der Waals surface area contributed by atoms with E-state index in [-0.39, 0.29) is 5.69 Å². The van der Waals surface area contributed by atoms with Crippen molar-refractivity contribution in [2.75, 3.05) is 11.9 Å². The second-order valence-electron chi connectivity index (χ2n) is 5.73. The Hall–Kier alpha value is -3.22. The first-order chi connectivity index (χ1) is 12.3. The summed E-state index contributed by atoms with van der Waals surface area (Å²) in [5, 5.41) is 4.92. The molecule has 0 aliphatic carbocycles. The van der Waals surface area contributed by atoms with Crippen molar-refractivity contribution in [2.24, 2.45) is 0 Å². The molecule has 0 spiro atoms. The largest absolute Gasteiger partial charge is 0.454 e. The lowest BCUT2D eigenvalue weighted by Crippen LogP contribution is -2.40. The molecule has 0 fully saturated rings. The van der Waals surface area contributed by atoms with Crippen LogP contribution < -0.4 is 10.6 Å². The number of aryl methyl sites for hydroxylation is 1. The summed E-state index contributed by atoms with van der Waals surface area (Å²) in [6, 6.07) is 11.3. The van der Waals surface area contributed by atoms with Crippen LogP contribution in [-0.2, 0) is 14.3 Å². The van der Waals surface area contributed by atoms with Gasteiger partial charge in [-0.25, -0.2) is 9.18 Å². The zero-order valence-electron chi connectivity index (χ0n) is 14.4. The standard InChI is InChI=1S/C19H19FN2O4/c1-12-5-3-6-14(9-12)18(24)21-13(2)19(25)26-11-17(23)22-16-8-4-7-15(20)10-16/h3-10,13H,11H2,1-2H3,(H,21,24)(H,22,23)/t13-/m0/s1. The highest BCUT2D eigenvalue weighted by atomic mass is 19.1. The number of ether oxygens (including phenoxy) is 1. The van der Waals surface area contributed by atoms with Gasteiger partial charge in [-0.2, -0.15) is 0 Å². The third-order valence-corrected chi connectivity index (χ3v) is 3.44. The number of benzene rings is 2. The van der Waals surface area contributed by atoms with E-state index in [1.807, 2.05) is 13.0 Å². The molecule has 0 saturated carbocycles. The van der Waals surface area contributed by atoms with E-state index in [1.165, 1.54) is 25.1 Å². The molecule has 2 aromatic carbocycles. The van der Waals surface area contributed by atoms with Gasteiger partial charge in [-0.05, 0) is 44.2 Å². The van der Waals surface area contributed by atoms with E-state index in [0.29, 0.717) is 5.56 Å². The number of carbonyl (C=O) groups excluding carboxylic acids is 3. The second-order valence-corrected chi connectivity index (χ2v) is 5.73. The average molecular weight is 358 g/mol. The molecule has 0 aliphatic heterocycles. The van der Waals surface area contributed by atoms with Gasteiger partial charge in [0.15, 0.2) is 6.61 Å². The second kappa shape index (κ2) is 8.75. The summed E-state index contributed by atoms with van der Waals surface area (Å²) in [6.07, 6.45) is 0. The minimum absolute atomic E-state index is 0.256. The normalized spacial score (nSPS) is 11.3. The van der Waals surface area contributed by atoms with E-state index in [1.54, 1.807) is 18.2 Å². The van der Waals surface area contributed by atoms with Crippen LogP contribution >= 0.6 is 0 Å². The zero-order chi connectivity index (χ0) is 19.1. The van der Waals surface area contributed by atoms with Crippen molar-refractivity contribution in [2.45, 2.75) is 19.9 Å². The highest BCUT2D eigenvalue weighted by Crippen LogP contribution is 2.09. The van der Waals surface area contributed by atoms with E-state index in [2.05, 4.69) is 10.6 Å². The third kappa shape index (κ3) is 5.70. The highest BCUT2D eigenvalue weighted by Gasteiger charge is 2.19. The molecule has 2 aromatic rings. The molecule has 2 amide bonds. The number of anilines is 1. The number of nitrogens with one attached hydrogen (secondary N) is 2. The van der Waals surface area contributed by atoms with E-state index >= 15 is 0 Å². The van der Waals surface area contributed by atoms with Crippen molar-refractivity contribution >= 4 is 23.5 Å². The number of hydrogen-bond donors (Lipinski definition) is 2. The van der Waals surface area contributed by atoms with Crippen LogP contribution in [-0.4, -0.2) is 30.4 Å². The Morgan fingerprint density at radius 2 is 1.85 bits per heavy atom. The van der Waals surface area contributed by atoms with Gasteiger partial charge in [0.2, 0.25) is 0 Å². The molecule has 7 heteroatoms. The van der Waals surface area contributed by atoms with Crippen LogP contribution in [0.2, 0.25) is 0 Å².